The summed E-state index contributed by atoms with van der Waals surface area (Å²) in [6, 6.07) is 53.8. The number of hydrogen-bond acceptors (Lipinski definition) is 3. The molecule has 48 heavy (non-hydrogen) atoms. The first-order valence-electron chi connectivity index (χ1n) is 16.6. The first-order chi connectivity index (χ1) is 23.7. The molecule has 0 amide bonds. The van der Waals surface area contributed by atoms with Crippen molar-refractivity contribution in [1.82, 2.24) is 0 Å². The molecule has 3 heteroatoms. The lowest BCUT2D eigenvalue weighted by molar-refractivity contribution is 0.357. The number of rotatable bonds is 8. The molecule has 3 nitrogen and oxygen atoms in total. The summed E-state index contributed by atoms with van der Waals surface area (Å²) in [5.74, 6) is 0.722. The van der Waals surface area contributed by atoms with Gasteiger partial charge in [-0.05, 0) is 111 Å². The van der Waals surface area contributed by atoms with Crippen LogP contribution in [0.4, 0.5) is 22.7 Å². The molecule has 1 aliphatic rings. The molecule has 0 aliphatic heterocycles. The normalized spacial score (nSPS) is 12.6. The maximum atomic E-state index is 6.68. The minimum Gasteiger partial charge on any atom is -0.487 e. The highest BCUT2D eigenvalue weighted by Gasteiger charge is 2.14. The van der Waals surface area contributed by atoms with Crippen LogP contribution < -0.4 is 15.4 Å². The van der Waals surface area contributed by atoms with Gasteiger partial charge in [-0.2, -0.15) is 0 Å². The summed E-state index contributed by atoms with van der Waals surface area (Å²) in [6.07, 6.45) is 8.73. The Balaban J connectivity index is 1.08. The van der Waals surface area contributed by atoms with Crippen LogP contribution in [0.2, 0.25) is 0 Å². The number of para-hydroxylation sites is 1. The number of nitrogens with zero attached hydrogens (tertiary/aromatic N) is 1. The molecule has 7 aromatic carbocycles. The van der Waals surface area contributed by atoms with Crippen molar-refractivity contribution in [2.75, 3.05) is 17.2 Å². The van der Waals surface area contributed by atoms with Crippen LogP contribution in [0.1, 0.15) is 12.8 Å². The van der Waals surface area contributed by atoms with Gasteiger partial charge in [-0.15, -0.1) is 0 Å². The van der Waals surface area contributed by atoms with Crippen LogP contribution in [0, 0.1) is 0 Å². The number of ether oxygens (including phenoxy) is 1. The minimum absolute atomic E-state index is 0.525. The van der Waals surface area contributed by atoms with E-state index in [1.165, 1.54) is 27.5 Å². The predicted molar refractivity (Wildman–Crippen MR) is 203 cm³/mol. The summed E-state index contributed by atoms with van der Waals surface area (Å²) < 4.78 is 6.16. The molecule has 0 radical (unpaired) electrons. The van der Waals surface area contributed by atoms with E-state index in [9.17, 15) is 0 Å². The zero-order valence-corrected chi connectivity index (χ0v) is 26.7. The van der Waals surface area contributed by atoms with Gasteiger partial charge in [-0.25, -0.2) is 0 Å². The van der Waals surface area contributed by atoms with E-state index in [1.807, 2.05) is 6.07 Å². The SMILES string of the molecule is Nc1c(OCC2=CCCC=C2)ccc2ccc(-c3ccc(N(c4ccccc4)c4ccc(-c5ccc6ccccc6c5)cc4)cc3)cc12. The molecule has 0 saturated carbocycles. The monoisotopic (exact) mass is 620 g/mol. The van der Waals surface area contributed by atoms with Gasteiger partial charge in [-0.1, -0.05) is 115 Å². The molecule has 0 atom stereocenters. The molecular formula is C45H36N2O. The van der Waals surface area contributed by atoms with Crippen LogP contribution in [0.3, 0.4) is 0 Å². The summed E-state index contributed by atoms with van der Waals surface area (Å²) in [4.78, 5) is 2.30. The molecule has 0 saturated heterocycles. The van der Waals surface area contributed by atoms with Gasteiger partial charge in [0.05, 0.1) is 5.69 Å². The number of benzene rings is 7. The van der Waals surface area contributed by atoms with Crippen molar-refractivity contribution < 1.29 is 4.74 Å². The highest BCUT2D eigenvalue weighted by atomic mass is 16.5. The second-order valence-corrected chi connectivity index (χ2v) is 12.3. The molecule has 7 aromatic rings. The Bertz CT molecular complexity index is 2280. The summed E-state index contributed by atoms with van der Waals surface area (Å²) >= 11 is 0. The third-order valence-corrected chi connectivity index (χ3v) is 9.17. The van der Waals surface area contributed by atoms with Crippen molar-refractivity contribution in [3.63, 3.8) is 0 Å². The van der Waals surface area contributed by atoms with Gasteiger partial charge in [0.25, 0.3) is 0 Å². The molecule has 1 aliphatic carbocycles. The quantitative estimate of drug-likeness (QED) is 0.172. The van der Waals surface area contributed by atoms with Gasteiger partial charge >= 0.3 is 0 Å². The fourth-order valence-electron chi connectivity index (χ4n) is 6.56. The van der Waals surface area contributed by atoms with Crippen LogP contribution in [-0.2, 0) is 0 Å². The third kappa shape index (κ3) is 5.94. The van der Waals surface area contributed by atoms with Crippen LogP contribution in [0.25, 0.3) is 43.8 Å². The summed E-state index contributed by atoms with van der Waals surface area (Å²) in [5, 5.41) is 4.60. The summed E-state index contributed by atoms with van der Waals surface area (Å²) in [5.41, 5.74) is 16.5. The van der Waals surface area contributed by atoms with Crippen molar-refractivity contribution in [3.05, 3.63) is 175 Å². The average Bonchev–Trinajstić information content (AvgIpc) is 3.16. The zero-order chi connectivity index (χ0) is 32.3. The standard InChI is InChI=1S/C45H36N2O/c46-45-43-30-39(18-16-36(43)23-28-44(45)48-31-32-9-3-1-4-10-32)35-21-26-42(27-22-35)47(40-13-5-2-6-14-40)41-24-19-34(20-25-41)38-17-15-33-11-7-8-12-37(33)29-38/h2-3,5-30H,1,4,31,46H2. The van der Waals surface area contributed by atoms with E-state index in [0.29, 0.717) is 12.3 Å². The van der Waals surface area contributed by atoms with E-state index in [4.69, 9.17) is 10.5 Å². The van der Waals surface area contributed by atoms with Crippen molar-refractivity contribution in [2.45, 2.75) is 12.8 Å². The Morgan fingerprint density at radius 1 is 0.521 bits per heavy atom. The van der Waals surface area contributed by atoms with Gasteiger partial charge in [0.15, 0.2) is 0 Å². The Hall–Kier alpha value is -6.06. The Labute approximate surface area is 281 Å². The van der Waals surface area contributed by atoms with Crippen LogP contribution in [-0.4, -0.2) is 6.61 Å². The first-order valence-corrected chi connectivity index (χ1v) is 16.6. The molecule has 2 N–H and O–H groups in total. The fourth-order valence-corrected chi connectivity index (χ4v) is 6.56. The van der Waals surface area contributed by atoms with Crippen LogP contribution in [0.15, 0.2) is 175 Å². The van der Waals surface area contributed by atoms with E-state index in [1.54, 1.807) is 0 Å². The van der Waals surface area contributed by atoms with Crippen molar-refractivity contribution in [2.24, 2.45) is 0 Å². The molecule has 8 rings (SSSR count). The molecule has 232 valence electrons. The van der Waals surface area contributed by atoms with E-state index >= 15 is 0 Å². The molecular weight excluding hydrogens is 585 g/mol. The van der Waals surface area contributed by atoms with Gasteiger partial charge in [0.2, 0.25) is 0 Å². The van der Waals surface area contributed by atoms with Crippen molar-refractivity contribution >= 4 is 44.3 Å². The van der Waals surface area contributed by atoms with Crippen molar-refractivity contribution in [1.29, 1.82) is 0 Å². The number of hydrogen-bond donors (Lipinski definition) is 1. The summed E-state index contributed by atoms with van der Waals surface area (Å²) in [6.45, 7) is 0.525. The maximum absolute atomic E-state index is 6.68. The molecule has 0 unspecified atom stereocenters. The highest BCUT2D eigenvalue weighted by Crippen LogP contribution is 2.38. The topological polar surface area (TPSA) is 38.5 Å². The number of allylic oxidation sites excluding steroid dienone is 2. The molecule has 0 aromatic heterocycles. The van der Waals surface area contributed by atoms with E-state index in [0.717, 1.165) is 57.6 Å². The Morgan fingerprint density at radius 3 is 1.79 bits per heavy atom. The Morgan fingerprint density at radius 2 is 1.10 bits per heavy atom. The lowest BCUT2D eigenvalue weighted by Gasteiger charge is -2.26. The van der Waals surface area contributed by atoms with Crippen LogP contribution >= 0.6 is 0 Å². The second-order valence-electron chi connectivity index (χ2n) is 12.3. The maximum Gasteiger partial charge on any atom is 0.143 e. The van der Waals surface area contributed by atoms with Gasteiger partial charge in [0, 0.05) is 22.4 Å². The van der Waals surface area contributed by atoms with E-state index in [-0.39, 0.29) is 0 Å². The smallest absolute Gasteiger partial charge is 0.143 e. The average molecular weight is 621 g/mol. The number of nitrogens with two attached hydrogens (primary N) is 1. The second kappa shape index (κ2) is 13.0. The lowest BCUT2D eigenvalue weighted by Crippen LogP contribution is -2.09. The number of anilines is 4. The third-order valence-electron chi connectivity index (χ3n) is 9.17. The Kier molecular flexibility index (Phi) is 7.93. The van der Waals surface area contributed by atoms with E-state index in [2.05, 4.69) is 169 Å². The van der Waals surface area contributed by atoms with Crippen molar-refractivity contribution in [3.8, 4) is 28.0 Å². The highest BCUT2D eigenvalue weighted by molar-refractivity contribution is 5.98. The lowest BCUT2D eigenvalue weighted by atomic mass is 9.99. The van der Waals surface area contributed by atoms with Gasteiger partial charge < -0.3 is 15.4 Å². The fraction of sp³-hybridized carbons (Fsp3) is 0.0667. The van der Waals surface area contributed by atoms with Crippen LogP contribution in [0.5, 0.6) is 5.75 Å². The molecule has 0 spiro atoms. The largest absolute Gasteiger partial charge is 0.487 e. The van der Waals surface area contributed by atoms with Gasteiger partial charge in [0.1, 0.15) is 12.4 Å². The molecule has 0 bridgehead atoms. The number of nitrogen functional groups attached to an aromatic ring is 1. The zero-order valence-electron chi connectivity index (χ0n) is 26.7. The number of fused-ring (bicyclic) bond motifs is 2. The summed E-state index contributed by atoms with van der Waals surface area (Å²) in [7, 11) is 0. The molecule has 0 fully saturated rings. The first kappa shape index (κ1) is 29.3. The predicted octanol–water partition coefficient (Wildman–Crippen LogP) is 12.0. The minimum atomic E-state index is 0.525. The molecule has 0 heterocycles. The van der Waals surface area contributed by atoms with Gasteiger partial charge in [-0.3, -0.25) is 0 Å². The van der Waals surface area contributed by atoms with E-state index < -0.39 is 0 Å².